The summed E-state index contributed by atoms with van der Waals surface area (Å²) in [5.74, 6) is -1.94. The van der Waals surface area contributed by atoms with Crippen molar-refractivity contribution >= 4 is 11.9 Å². The number of nitrogens with two attached hydrogens (primary N) is 2. The van der Waals surface area contributed by atoms with Crippen molar-refractivity contribution in [1.82, 2.24) is 0 Å². The molecule has 0 aromatic carbocycles. The molecule has 7 heteroatoms. The van der Waals surface area contributed by atoms with Crippen LogP contribution in [-0.2, 0) is 26.4 Å². The van der Waals surface area contributed by atoms with Crippen LogP contribution >= 0.6 is 0 Å². The first kappa shape index (κ1) is 16.8. The van der Waals surface area contributed by atoms with E-state index in [2.05, 4.69) is 11.5 Å². The number of carboxylic acid groups (broad SMARTS) is 2. The fraction of sp³-hybridized carbons (Fsp3) is 0.500. The van der Waals surface area contributed by atoms with Crippen LogP contribution in [-0.4, -0.2) is 35.2 Å². The fourth-order valence-corrected chi connectivity index (χ4v) is 0. The third-order valence-electron chi connectivity index (χ3n) is 0.349. The maximum atomic E-state index is 9.24. The van der Waals surface area contributed by atoms with Gasteiger partial charge in [-0.15, -0.1) is 0 Å². The zero-order chi connectivity index (χ0) is 8.57. The van der Waals surface area contributed by atoms with E-state index in [-0.39, 0.29) is 29.9 Å². The molecule has 0 spiro atoms. The van der Waals surface area contributed by atoms with Gasteiger partial charge in [0, 0.05) is 16.8 Å². The maximum absolute atomic E-state index is 9.24. The van der Waals surface area contributed by atoms with E-state index in [1.165, 1.54) is 0 Å². The Morgan fingerprint density at radius 1 is 1.00 bits per heavy atom. The largest absolute Gasteiger partial charge is 0.480 e. The third-order valence-corrected chi connectivity index (χ3v) is 0.349. The summed E-state index contributed by atoms with van der Waals surface area (Å²) in [4.78, 5) is 18.5. The molecule has 1 radical (unpaired) electrons. The van der Waals surface area contributed by atoms with E-state index >= 15 is 0 Å². The Morgan fingerprint density at radius 3 is 1.09 bits per heavy atom. The first-order chi connectivity index (χ1) is 4.54. The molecule has 0 unspecified atom stereocenters. The molecular weight excluding hydrogens is 199 g/mol. The average Bonchev–Trinajstić information content (AvgIpc) is 1.89. The topological polar surface area (TPSA) is 127 Å². The summed E-state index contributed by atoms with van der Waals surface area (Å²) >= 11 is 0. The number of aliphatic carboxylic acids is 2. The molecule has 69 valence electrons. The van der Waals surface area contributed by atoms with E-state index in [9.17, 15) is 9.59 Å². The van der Waals surface area contributed by atoms with Crippen LogP contribution in [0.1, 0.15) is 0 Å². The molecule has 6 N–H and O–H groups in total. The molecule has 0 saturated heterocycles. The van der Waals surface area contributed by atoms with Gasteiger partial charge in [0.05, 0.1) is 13.1 Å². The van der Waals surface area contributed by atoms with Gasteiger partial charge in [0.1, 0.15) is 0 Å². The minimum absolute atomic E-state index is 0. The second kappa shape index (κ2) is 12.1. The molecule has 6 nitrogen and oxygen atoms in total. The summed E-state index contributed by atoms with van der Waals surface area (Å²) < 4.78 is 0. The van der Waals surface area contributed by atoms with E-state index in [0.29, 0.717) is 0 Å². The molecule has 0 saturated carbocycles. The van der Waals surface area contributed by atoms with Gasteiger partial charge in [0.25, 0.3) is 0 Å². The molecule has 0 aromatic heterocycles. The van der Waals surface area contributed by atoms with Crippen LogP contribution < -0.4 is 11.5 Å². The van der Waals surface area contributed by atoms with Gasteiger partial charge >= 0.3 is 11.9 Å². The monoisotopic (exact) mass is 209 g/mol. The molecule has 0 amide bonds. The van der Waals surface area contributed by atoms with Crippen LogP contribution in [0.15, 0.2) is 0 Å². The van der Waals surface area contributed by atoms with Gasteiger partial charge in [-0.2, -0.15) is 0 Å². The minimum Gasteiger partial charge on any atom is -0.480 e. The zero-order valence-electron chi connectivity index (χ0n) is 5.61. The van der Waals surface area contributed by atoms with E-state index in [0.717, 1.165) is 0 Å². The summed E-state index contributed by atoms with van der Waals surface area (Å²) in [7, 11) is 0. The van der Waals surface area contributed by atoms with Crippen LogP contribution in [0, 0.1) is 0 Å². The Kier molecular flexibility index (Phi) is 18.4. The van der Waals surface area contributed by atoms with Crippen LogP contribution in [0.25, 0.3) is 0 Å². The quantitative estimate of drug-likeness (QED) is 0.419. The molecule has 11 heavy (non-hydrogen) atoms. The van der Waals surface area contributed by atoms with E-state index in [1.807, 2.05) is 0 Å². The number of hydrogen-bond donors (Lipinski definition) is 4. The van der Waals surface area contributed by atoms with Crippen molar-refractivity contribution in [2.24, 2.45) is 11.5 Å². The van der Waals surface area contributed by atoms with Crippen LogP contribution in [0.3, 0.4) is 0 Å². The molecule has 0 rings (SSSR count). The molecule has 0 fully saturated rings. The summed E-state index contributed by atoms with van der Waals surface area (Å²) in [6, 6.07) is 0. The van der Waals surface area contributed by atoms with Crippen molar-refractivity contribution < 1.29 is 36.6 Å². The molecule has 0 heterocycles. The van der Waals surface area contributed by atoms with Crippen LogP contribution in [0.5, 0.6) is 0 Å². The molecule has 0 aliphatic rings. The number of rotatable bonds is 2. The Morgan fingerprint density at radius 2 is 1.09 bits per heavy atom. The van der Waals surface area contributed by atoms with Gasteiger partial charge < -0.3 is 21.7 Å². The summed E-state index contributed by atoms with van der Waals surface area (Å²) in [6.07, 6.45) is 0. The van der Waals surface area contributed by atoms with Gasteiger partial charge in [0.15, 0.2) is 0 Å². The van der Waals surface area contributed by atoms with Crippen molar-refractivity contribution in [2.45, 2.75) is 0 Å². The number of carboxylic acids is 2. The van der Waals surface area contributed by atoms with Gasteiger partial charge in [-0.1, -0.05) is 0 Å². The number of hydrogen-bond acceptors (Lipinski definition) is 4. The number of carbonyl (C=O) groups is 2. The Labute approximate surface area is 73.8 Å². The van der Waals surface area contributed by atoms with Gasteiger partial charge in [-0.3, -0.25) is 9.59 Å². The van der Waals surface area contributed by atoms with Crippen molar-refractivity contribution in [2.75, 3.05) is 13.1 Å². The summed E-state index contributed by atoms with van der Waals surface area (Å²) in [5.41, 5.74) is 9.14. The summed E-state index contributed by atoms with van der Waals surface area (Å²) in [6.45, 7) is -0.556. The van der Waals surface area contributed by atoms with Crippen molar-refractivity contribution in [3.05, 3.63) is 0 Å². The van der Waals surface area contributed by atoms with Crippen molar-refractivity contribution in [3.63, 3.8) is 0 Å². The second-order valence-electron chi connectivity index (χ2n) is 1.20. The summed E-state index contributed by atoms with van der Waals surface area (Å²) in [5, 5.41) is 15.2. The van der Waals surface area contributed by atoms with Crippen molar-refractivity contribution in [3.8, 4) is 0 Å². The van der Waals surface area contributed by atoms with E-state index in [1.54, 1.807) is 0 Å². The predicted octanol–water partition coefficient (Wildman–Crippen LogP) is -1.94. The molecule has 0 aliphatic carbocycles. The SMILES string of the molecule is NCC(=O)O.NCC(=O)O.[Co]. The fourth-order valence-electron chi connectivity index (χ4n) is 0. The second-order valence-corrected chi connectivity index (χ2v) is 1.20. The van der Waals surface area contributed by atoms with Crippen LogP contribution in [0.4, 0.5) is 0 Å². The van der Waals surface area contributed by atoms with E-state index < -0.39 is 11.9 Å². The Balaban J connectivity index is -0.000000107. The molecule has 0 atom stereocenters. The zero-order valence-corrected chi connectivity index (χ0v) is 6.65. The van der Waals surface area contributed by atoms with E-state index in [4.69, 9.17) is 10.2 Å². The first-order valence-corrected chi connectivity index (χ1v) is 2.38. The Bertz CT molecular complexity index is 105. The standard InChI is InChI=1S/2C2H5NO2.Co/c2*3-1-2(4)5;/h2*1,3H2,(H,4,5);. The van der Waals surface area contributed by atoms with Crippen LogP contribution in [0.2, 0.25) is 0 Å². The normalized spacial score (nSPS) is 6.73. The Hall–Kier alpha value is -0.634. The molecule has 0 aromatic rings. The minimum atomic E-state index is -0.968. The van der Waals surface area contributed by atoms with Crippen molar-refractivity contribution in [1.29, 1.82) is 0 Å². The smallest absolute Gasteiger partial charge is 0.317 e. The predicted molar refractivity (Wildman–Crippen MR) is 33.4 cm³/mol. The first-order valence-electron chi connectivity index (χ1n) is 2.38. The van der Waals surface area contributed by atoms with Gasteiger partial charge in [0.2, 0.25) is 0 Å². The van der Waals surface area contributed by atoms with Gasteiger partial charge in [-0.25, -0.2) is 0 Å². The molecular formula is C4H10CoN2O4. The average molecular weight is 209 g/mol. The molecule has 0 bridgehead atoms. The maximum Gasteiger partial charge on any atom is 0.317 e. The van der Waals surface area contributed by atoms with Gasteiger partial charge in [-0.05, 0) is 0 Å². The third kappa shape index (κ3) is 44.8. The molecule has 0 aliphatic heterocycles.